The first-order valence-electron chi connectivity index (χ1n) is 5.81. The van der Waals surface area contributed by atoms with Crippen LogP contribution in [0.15, 0.2) is 34.8 Å². The molecule has 0 bridgehead atoms. The Hall–Kier alpha value is -1.68. The highest BCUT2D eigenvalue weighted by atomic mass is 79.9. The van der Waals surface area contributed by atoms with E-state index in [0.717, 1.165) is 0 Å². The van der Waals surface area contributed by atoms with Crippen molar-refractivity contribution in [3.05, 3.63) is 56.0 Å². The molecule has 1 aromatic heterocycles. The van der Waals surface area contributed by atoms with Gasteiger partial charge in [-0.1, -0.05) is 11.6 Å². The molecule has 0 fully saturated rings. The Morgan fingerprint density at radius 3 is 2.76 bits per heavy atom. The minimum Gasteiger partial charge on any atom is -0.330 e. The summed E-state index contributed by atoms with van der Waals surface area (Å²) in [6.45, 7) is 0. The average Bonchev–Trinajstić information content (AvgIpc) is 2.75. The highest BCUT2D eigenvalue weighted by Crippen LogP contribution is 2.29. The van der Waals surface area contributed by atoms with E-state index in [4.69, 9.17) is 29.1 Å². The fourth-order valence-electron chi connectivity index (χ4n) is 2.10. The monoisotopic (exact) mass is 381 g/mol. The molecule has 0 aliphatic carbocycles. The summed E-state index contributed by atoms with van der Waals surface area (Å²) >= 11 is 14.6. The van der Waals surface area contributed by atoms with Crippen LogP contribution in [0.5, 0.6) is 0 Å². The van der Waals surface area contributed by atoms with E-state index >= 15 is 0 Å². The van der Waals surface area contributed by atoms with Crippen molar-refractivity contribution in [3.8, 4) is 11.8 Å². The Labute approximate surface area is 137 Å². The predicted molar refractivity (Wildman–Crippen MR) is 85.8 cm³/mol. The van der Waals surface area contributed by atoms with Crippen molar-refractivity contribution < 1.29 is 4.39 Å². The number of benzene rings is 2. The molecule has 3 aromatic rings. The number of nitrogens with one attached hydrogen (secondary N) is 1. The first kappa shape index (κ1) is 14.3. The second-order valence-electron chi connectivity index (χ2n) is 4.33. The largest absolute Gasteiger partial charge is 0.330 e. The van der Waals surface area contributed by atoms with Gasteiger partial charge in [-0.3, -0.25) is 4.57 Å². The topological polar surface area (TPSA) is 44.5 Å². The molecule has 0 atom stereocenters. The van der Waals surface area contributed by atoms with Crippen LogP contribution in [0.3, 0.4) is 0 Å². The van der Waals surface area contributed by atoms with Gasteiger partial charge in [0, 0.05) is 6.07 Å². The Balaban J connectivity index is 2.35. The first-order valence-corrected chi connectivity index (χ1v) is 7.39. The van der Waals surface area contributed by atoms with Gasteiger partial charge in [0.1, 0.15) is 5.82 Å². The highest BCUT2D eigenvalue weighted by molar-refractivity contribution is 9.10. The fourth-order valence-corrected chi connectivity index (χ4v) is 3.01. The van der Waals surface area contributed by atoms with Crippen LogP contribution in [0.4, 0.5) is 4.39 Å². The van der Waals surface area contributed by atoms with Gasteiger partial charge in [-0.2, -0.15) is 5.26 Å². The molecule has 0 radical (unpaired) electrons. The molecule has 0 saturated heterocycles. The van der Waals surface area contributed by atoms with Gasteiger partial charge in [0.25, 0.3) is 0 Å². The highest BCUT2D eigenvalue weighted by Gasteiger charge is 2.13. The summed E-state index contributed by atoms with van der Waals surface area (Å²) in [5, 5.41) is 9.25. The molecule has 1 heterocycles. The minimum absolute atomic E-state index is 0.351. The predicted octanol–water partition coefficient (Wildman–Crippen LogP) is 5.11. The zero-order valence-corrected chi connectivity index (χ0v) is 13.5. The first-order chi connectivity index (χ1) is 10.0. The number of hydrogen-bond donors (Lipinski definition) is 1. The van der Waals surface area contributed by atoms with Crippen LogP contribution in [0.1, 0.15) is 5.56 Å². The Bertz CT molecular complexity index is 971. The van der Waals surface area contributed by atoms with Gasteiger partial charge in [0.15, 0.2) is 4.77 Å². The van der Waals surface area contributed by atoms with Crippen LogP contribution in [-0.2, 0) is 0 Å². The molecule has 0 aliphatic heterocycles. The van der Waals surface area contributed by atoms with E-state index in [1.807, 2.05) is 6.07 Å². The van der Waals surface area contributed by atoms with E-state index in [2.05, 4.69) is 20.9 Å². The third kappa shape index (κ3) is 2.38. The second-order valence-corrected chi connectivity index (χ2v) is 5.98. The summed E-state index contributed by atoms with van der Waals surface area (Å²) < 4.78 is 16.2. The fraction of sp³-hybridized carbons (Fsp3) is 0. The van der Waals surface area contributed by atoms with E-state index in [1.165, 1.54) is 6.07 Å². The van der Waals surface area contributed by atoms with Crippen LogP contribution < -0.4 is 0 Å². The second kappa shape index (κ2) is 5.26. The lowest BCUT2D eigenvalue weighted by molar-refractivity contribution is 0.622. The van der Waals surface area contributed by atoms with Gasteiger partial charge < -0.3 is 4.98 Å². The number of nitriles is 1. The summed E-state index contributed by atoms with van der Waals surface area (Å²) in [5.41, 5.74) is 2.30. The number of rotatable bonds is 1. The molecular formula is C14H6BrClFN3S. The average molecular weight is 383 g/mol. The smallest absolute Gasteiger partial charge is 0.182 e. The lowest BCUT2D eigenvalue weighted by atomic mass is 10.2. The van der Waals surface area contributed by atoms with E-state index in [0.29, 0.717) is 36.6 Å². The van der Waals surface area contributed by atoms with Gasteiger partial charge >= 0.3 is 0 Å². The van der Waals surface area contributed by atoms with Gasteiger partial charge in [0.05, 0.1) is 37.8 Å². The van der Waals surface area contributed by atoms with Crippen molar-refractivity contribution in [2.24, 2.45) is 0 Å². The van der Waals surface area contributed by atoms with Crippen molar-refractivity contribution >= 4 is 50.8 Å². The molecule has 3 nitrogen and oxygen atoms in total. The van der Waals surface area contributed by atoms with Crippen molar-refractivity contribution in [1.82, 2.24) is 9.55 Å². The molecular weight excluding hydrogens is 377 g/mol. The van der Waals surface area contributed by atoms with E-state index in [-0.39, 0.29) is 0 Å². The van der Waals surface area contributed by atoms with Crippen LogP contribution in [0.25, 0.3) is 16.7 Å². The maximum absolute atomic E-state index is 13.8. The number of fused-ring (bicyclic) bond motifs is 1. The molecule has 0 spiro atoms. The van der Waals surface area contributed by atoms with Crippen molar-refractivity contribution in [2.45, 2.75) is 0 Å². The van der Waals surface area contributed by atoms with E-state index < -0.39 is 5.82 Å². The van der Waals surface area contributed by atoms with Crippen LogP contribution in [0.2, 0.25) is 5.02 Å². The molecule has 104 valence electrons. The lowest BCUT2D eigenvalue weighted by Gasteiger charge is -2.07. The number of imidazole rings is 1. The normalized spacial score (nSPS) is 10.8. The van der Waals surface area contributed by atoms with Gasteiger partial charge in [-0.25, -0.2) is 4.39 Å². The van der Waals surface area contributed by atoms with E-state index in [1.54, 1.807) is 28.8 Å². The zero-order valence-electron chi connectivity index (χ0n) is 10.3. The van der Waals surface area contributed by atoms with Crippen LogP contribution in [0, 0.1) is 21.9 Å². The number of H-pyrrole nitrogens is 1. The maximum atomic E-state index is 13.8. The van der Waals surface area contributed by atoms with Gasteiger partial charge in [-0.15, -0.1) is 0 Å². The van der Waals surface area contributed by atoms with E-state index in [9.17, 15) is 4.39 Å². The zero-order chi connectivity index (χ0) is 15.1. The Kier molecular flexibility index (Phi) is 3.57. The van der Waals surface area contributed by atoms with Crippen LogP contribution in [-0.4, -0.2) is 9.55 Å². The summed E-state index contributed by atoms with van der Waals surface area (Å²) in [6, 6.07) is 9.88. The molecule has 0 aliphatic rings. The lowest BCUT2D eigenvalue weighted by Crippen LogP contribution is -1.96. The minimum atomic E-state index is -0.394. The molecule has 0 unspecified atom stereocenters. The molecule has 21 heavy (non-hydrogen) atoms. The molecule has 0 amide bonds. The summed E-state index contributed by atoms with van der Waals surface area (Å²) in [4.78, 5) is 3.01. The third-order valence-corrected chi connectivity index (χ3v) is 4.24. The summed E-state index contributed by atoms with van der Waals surface area (Å²) in [5.74, 6) is -0.394. The number of nitrogens with zero attached hydrogens (tertiary/aromatic N) is 2. The molecule has 2 aromatic carbocycles. The summed E-state index contributed by atoms with van der Waals surface area (Å²) in [7, 11) is 0. The SMILES string of the molecule is N#Cc1ccc(-n2c(=S)[nH]c3cc(Br)c(F)cc32)c(Cl)c1. The van der Waals surface area contributed by atoms with Crippen molar-refractivity contribution in [3.63, 3.8) is 0 Å². The van der Waals surface area contributed by atoms with Gasteiger partial charge in [-0.05, 0) is 52.4 Å². The van der Waals surface area contributed by atoms with Crippen molar-refractivity contribution in [2.75, 3.05) is 0 Å². The number of halogens is 3. The standard InChI is InChI=1S/C14H6BrClFN3S/c15-8-4-11-13(5-10(8)17)20(14(21)19-11)12-2-1-7(6-18)3-9(12)16/h1-5H,(H,19,21). The molecule has 1 N–H and O–H groups in total. The summed E-state index contributed by atoms with van der Waals surface area (Å²) in [6.07, 6.45) is 0. The van der Waals surface area contributed by atoms with Gasteiger partial charge in [0.2, 0.25) is 0 Å². The molecule has 0 saturated carbocycles. The molecule has 7 heteroatoms. The maximum Gasteiger partial charge on any atom is 0.182 e. The Morgan fingerprint density at radius 2 is 2.10 bits per heavy atom. The van der Waals surface area contributed by atoms with Crippen molar-refractivity contribution in [1.29, 1.82) is 5.26 Å². The third-order valence-electron chi connectivity index (χ3n) is 3.04. The molecule has 3 rings (SSSR count). The Morgan fingerprint density at radius 1 is 1.33 bits per heavy atom. The number of aromatic amines is 1. The number of aromatic nitrogens is 2. The quantitative estimate of drug-likeness (QED) is 0.594. The number of hydrogen-bond acceptors (Lipinski definition) is 2. The van der Waals surface area contributed by atoms with Crippen LogP contribution >= 0.6 is 39.7 Å².